The molecule has 4 aromatic rings. The highest BCUT2D eigenvalue weighted by molar-refractivity contribution is 5.80. The van der Waals surface area contributed by atoms with E-state index in [1.807, 2.05) is 42.5 Å². The Hall–Kier alpha value is -3.11. The molecule has 1 aromatic heterocycles. The molecule has 1 aliphatic rings. The summed E-state index contributed by atoms with van der Waals surface area (Å²) in [4.78, 5) is 7.55. The van der Waals surface area contributed by atoms with Crippen LogP contribution >= 0.6 is 0 Å². The van der Waals surface area contributed by atoms with Crippen molar-refractivity contribution >= 4 is 11.0 Å². The Morgan fingerprint density at radius 1 is 0.700 bits per heavy atom. The maximum atomic E-state index is 5.95. The van der Waals surface area contributed by atoms with Crippen LogP contribution in [0.3, 0.4) is 0 Å². The molecule has 1 fully saturated rings. The lowest BCUT2D eigenvalue weighted by Gasteiger charge is -2.26. The summed E-state index contributed by atoms with van der Waals surface area (Å²) in [6.45, 7) is 4.46. The normalized spacial score (nSPS) is 14.8. The topological polar surface area (TPSA) is 30.3 Å². The monoisotopic (exact) mass is 397 g/mol. The van der Waals surface area contributed by atoms with Crippen LogP contribution in [-0.4, -0.2) is 34.1 Å². The molecular weight excluding hydrogens is 370 g/mol. The lowest BCUT2D eigenvalue weighted by molar-refractivity contribution is 0.222. The van der Waals surface area contributed by atoms with Crippen LogP contribution in [0.25, 0.3) is 22.4 Å². The molecule has 30 heavy (non-hydrogen) atoms. The summed E-state index contributed by atoms with van der Waals surface area (Å²) < 4.78 is 8.32. The van der Waals surface area contributed by atoms with Crippen molar-refractivity contribution in [3.63, 3.8) is 0 Å². The molecule has 5 rings (SSSR count). The minimum Gasteiger partial charge on any atom is -0.457 e. The van der Waals surface area contributed by atoms with Crippen LogP contribution in [0.15, 0.2) is 78.9 Å². The average molecular weight is 398 g/mol. The van der Waals surface area contributed by atoms with E-state index in [4.69, 9.17) is 9.72 Å². The second kappa shape index (κ2) is 8.72. The van der Waals surface area contributed by atoms with Crippen LogP contribution in [0.1, 0.15) is 19.3 Å². The van der Waals surface area contributed by atoms with E-state index in [9.17, 15) is 0 Å². The van der Waals surface area contributed by atoms with Crippen molar-refractivity contribution in [3.8, 4) is 22.9 Å². The summed E-state index contributed by atoms with van der Waals surface area (Å²) in [6.07, 6.45) is 4.01. The summed E-state index contributed by atoms with van der Waals surface area (Å²) in [5.41, 5.74) is 3.37. The molecule has 0 atom stereocenters. The SMILES string of the molecule is c1ccc(Oc2ccc(-c3nc4ccccc4n3CCN3CCCCC3)cc2)cc1. The zero-order valence-corrected chi connectivity index (χ0v) is 17.2. The molecular formula is C26H27N3O. The highest BCUT2D eigenvalue weighted by Crippen LogP contribution is 2.28. The van der Waals surface area contributed by atoms with E-state index in [0.29, 0.717) is 0 Å². The molecule has 0 unspecified atom stereocenters. The number of fused-ring (bicyclic) bond motifs is 1. The molecule has 0 spiro atoms. The van der Waals surface area contributed by atoms with Crippen LogP contribution in [0.4, 0.5) is 0 Å². The first-order chi connectivity index (χ1) is 14.9. The lowest BCUT2D eigenvalue weighted by Crippen LogP contribution is -2.32. The summed E-state index contributed by atoms with van der Waals surface area (Å²) in [5, 5.41) is 0. The smallest absolute Gasteiger partial charge is 0.141 e. The number of para-hydroxylation sites is 3. The number of ether oxygens (including phenoxy) is 1. The van der Waals surface area contributed by atoms with Gasteiger partial charge in [0.25, 0.3) is 0 Å². The van der Waals surface area contributed by atoms with E-state index in [1.165, 1.54) is 37.9 Å². The van der Waals surface area contributed by atoms with Gasteiger partial charge < -0.3 is 14.2 Å². The van der Waals surface area contributed by atoms with Gasteiger partial charge in [-0.25, -0.2) is 4.98 Å². The Bertz CT molecular complexity index is 1100. The molecule has 0 bridgehead atoms. The van der Waals surface area contributed by atoms with Gasteiger partial charge in [-0.05, 0) is 74.5 Å². The number of nitrogens with zero attached hydrogens (tertiary/aromatic N) is 3. The first-order valence-corrected chi connectivity index (χ1v) is 10.9. The van der Waals surface area contributed by atoms with Crippen molar-refractivity contribution in [2.75, 3.05) is 19.6 Å². The number of aromatic nitrogens is 2. The van der Waals surface area contributed by atoms with E-state index in [-0.39, 0.29) is 0 Å². The van der Waals surface area contributed by atoms with Crippen LogP contribution in [0, 0.1) is 0 Å². The number of likely N-dealkylation sites (tertiary alicyclic amines) is 1. The lowest BCUT2D eigenvalue weighted by atomic mass is 10.1. The Kier molecular flexibility index (Phi) is 5.49. The van der Waals surface area contributed by atoms with Crippen LogP contribution in [-0.2, 0) is 6.54 Å². The maximum absolute atomic E-state index is 5.95. The summed E-state index contributed by atoms with van der Waals surface area (Å²) in [5.74, 6) is 2.71. The van der Waals surface area contributed by atoms with E-state index < -0.39 is 0 Å². The maximum Gasteiger partial charge on any atom is 0.141 e. The largest absolute Gasteiger partial charge is 0.457 e. The van der Waals surface area contributed by atoms with E-state index in [0.717, 1.165) is 41.5 Å². The molecule has 4 heteroatoms. The third-order valence-corrected chi connectivity index (χ3v) is 5.83. The van der Waals surface area contributed by atoms with Gasteiger partial charge in [0.15, 0.2) is 0 Å². The average Bonchev–Trinajstić information content (AvgIpc) is 3.18. The van der Waals surface area contributed by atoms with Crippen molar-refractivity contribution in [2.45, 2.75) is 25.8 Å². The number of hydrogen-bond acceptors (Lipinski definition) is 3. The van der Waals surface area contributed by atoms with Gasteiger partial charge in [-0.2, -0.15) is 0 Å². The van der Waals surface area contributed by atoms with Crippen molar-refractivity contribution < 1.29 is 4.74 Å². The van der Waals surface area contributed by atoms with Crippen LogP contribution < -0.4 is 4.74 Å². The molecule has 0 aliphatic carbocycles. The fourth-order valence-corrected chi connectivity index (χ4v) is 4.24. The van der Waals surface area contributed by atoms with Crippen molar-refractivity contribution in [3.05, 3.63) is 78.9 Å². The standard InChI is InChI=1S/C26H27N3O/c1-3-9-22(10-4-1)30-23-15-13-21(14-16-23)26-27-24-11-5-6-12-25(24)29(26)20-19-28-17-7-2-8-18-28/h1,3-6,9-16H,2,7-8,17-20H2. The van der Waals surface area contributed by atoms with Crippen molar-refractivity contribution in [1.82, 2.24) is 14.5 Å². The summed E-state index contributed by atoms with van der Waals surface area (Å²) >= 11 is 0. The Morgan fingerprint density at radius 2 is 1.40 bits per heavy atom. The van der Waals surface area contributed by atoms with Gasteiger partial charge in [0, 0.05) is 18.7 Å². The van der Waals surface area contributed by atoms with E-state index >= 15 is 0 Å². The highest BCUT2D eigenvalue weighted by Gasteiger charge is 2.15. The highest BCUT2D eigenvalue weighted by atomic mass is 16.5. The molecule has 0 radical (unpaired) electrons. The molecule has 2 heterocycles. The quantitative estimate of drug-likeness (QED) is 0.401. The van der Waals surface area contributed by atoms with E-state index in [1.54, 1.807) is 0 Å². The van der Waals surface area contributed by atoms with Crippen molar-refractivity contribution in [2.24, 2.45) is 0 Å². The van der Waals surface area contributed by atoms with Crippen LogP contribution in [0.5, 0.6) is 11.5 Å². The molecule has 4 nitrogen and oxygen atoms in total. The number of benzene rings is 3. The molecule has 0 saturated carbocycles. The second-order valence-corrected chi connectivity index (χ2v) is 7.92. The summed E-state index contributed by atoms with van der Waals surface area (Å²) in [6, 6.07) is 26.6. The number of piperidine rings is 1. The minimum atomic E-state index is 0.834. The van der Waals surface area contributed by atoms with Gasteiger partial charge in [-0.1, -0.05) is 36.8 Å². The fourth-order valence-electron chi connectivity index (χ4n) is 4.24. The van der Waals surface area contributed by atoms with Gasteiger partial charge in [0.1, 0.15) is 17.3 Å². The number of hydrogen-bond donors (Lipinski definition) is 0. The molecule has 1 aliphatic heterocycles. The van der Waals surface area contributed by atoms with E-state index in [2.05, 4.69) is 45.9 Å². The van der Waals surface area contributed by atoms with Gasteiger partial charge in [0.05, 0.1) is 11.0 Å². The summed E-state index contributed by atoms with van der Waals surface area (Å²) in [7, 11) is 0. The first-order valence-electron chi connectivity index (χ1n) is 10.9. The molecule has 0 N–H and O–H groups in total. The molecule has 1 saturated heterocycles. The third kappa shape index (κ3) is 4.10. The van der Waals surface area contributed by atoms with Gasteiger partial charge in [-0.15, -0.1) is 0 Å². The Morgan fingerprint density at radius 3 is 2.20 bits per heavy atom. The van der Waals surface area contributed by atoms with Gasteiger partial charge in [-0.3, -0.25) is 0 Å². The predicted octanol–water partition coefficient (Wildman–Crippen LogP) is 5.98. The Labute approximate surface area is 177 Å². The minimum absolute atomic E-state index is 0.834. The predicted molar refractivity (Wildman–Crippen MR) is 122 cm³/mol. The molecule has 3 aromatic carbocycles. The zero-order valence-electron chi connectivity index (χ0n) is 17.2. The van der Waals surface area contributed by atoms with Crippen LogP contribution in [0.2, 0.25) is 0 Å². The number of imidazole rings is 1. The fraction of sp³-hybridized carbons (Fsp3) is 0.269. The first kappa shape index (κ1) is 18.9. The number of rotatable bonds is 6. The Balaban J connectivity index is 1.41. The van der Waals surface area contributed by atoms with Gasteiger partial charge >= 0.3 is 0 Å². The third-order valence-electron chi connectivity index (χ3n) is 5.83. The molecule has 0 amide bonds. The van der Waals surface area contributed by atoms with Crippen molar-refractivity contribution in [1.29, 1.82) is 0 Å². The second-order valence-electron chi connectivity index (χ2n) is 7.92. The van der Waals surface area contributed by atoms with Gasteiger partial charge in [0.2, 0.25) is 0 Å². The zero-order chi connectivity index (χ0) is 20.2. The molecule has 152 valence electrons.